The highest BCUT2D eigenvalue weighted by Gasteiger charge is 2.11. The molecule has 0 aromatic heterocycles. The van der Waals surface area contributed by atoms with Gasteiger partial charge in [0.1, 0.15) is 0 Å². The molecule has 1 rings (SSSR count). The zero-order chi connectivity index (χ0) is 13.4. The summed E-state index contributed by atoms with van der Waals surface area (Å²) in [5.74, 6) is 1.13. The van der Waals surface area contributed by atoms with Gasteiger partial charge in [-0.15, -0.1) is 0 Å². The number of hydrogen-bond acceptors (Lipinski definition) is 2. The second-order valence-electron chi connectivity index (χ2n) is 5.09. The monoisotopic (exact) mass is 269 g/mol. The van der Waals surface area contributed by atoms with Gasteiger partial charge in [0.25, 0.3) is 0 Å². The summed E-state index contributed by atoms with van der Waals surface area (Å²) in [7, 11) is 1.75. The van der Waals surface area contributed by atoms with Crippen molar-refractivity contribution in [3.63, 3.8) is 0 Å². The summed E-state index contributed by atoms with van der Waals surface area (Å²) in [4.78, 5) is 0. The van der Waals surface area contributed by atoms with Crippen LogP contribution >= 0.6 is 11.6 Å². The lowest BCUT2D eigenvalue weighted by Gasteiger charge is -2.19. The minimum atomic E-state index is 0.461. The molecule has 0 amide bonds. The van der Waals surface area contributed by atoms with Crippen LogP contribution < -0.4 is 5.32 Å². The Kier molecular flexibility index (Phi) is 7.33. The summed E-state index contributed by atoms with van der Waals surface area (Å²) in [5, 5.41) is 4.32. The molecule has 1 atom stereocenters. The molecule has 102 valence electrons. The van der Waals surface area contributed by atoms with E-state index in [0.717, 1.165) is 31.1 Å². The summed E-state index contributed by atoms with van der Waals surface area (Å²) in [6, 6.07) is 8.13. The van der Waals surface area contributed by atoms with E-state index >= 15 is 0 Å². The number of nitrogens with one attached hydrogen (secondary N) is 1. The van der Waals surface area contributed by atoms with E-state index in [2.05, 4.69) is 31.3 Å². The number of halogens is 1. The lowest BCUT2D eigenvalue weighted by molar-refractivity contribution is 0.187. The summed E-state index contributed by atoms with van der Waals surface area (Å²) in [5.41, 5.74) is 1.29. The first-order valence-corrected chi connectivity index (χ1v) is 6.96. The Labute approximate surface area is 116 Å². The molecule has 0 aliphatic carbocycles. The van der Waals surface area contributed by atoms with Crippen LogP contribution in [0.4, 0.5) is 0 Å². The van der Waals surface area contributed by atoms with E-state index in [-0.39, 0.29) is 0 Å². The van der Waals surface area contributed by atoms with Crippen molar-refractivity contribution in [2.45, 2.75) is 26.2 Å². The van der Waals surface area contributed by atoms with Gasteiger partial charge in [0.15, 0.2) is 0 Å². The fraction of sp³-hybridized carbons (Fsp3) is 0.600. The predicted octanol–water partition coefficient (Wildman–Crippen LogP) is 3.71. The summed E-state index contributed by atoms with van der Waals surface area (Å²) in [6.07, 6.45) is 1.02. The van der Waals surface area contributed by atoms with Crippen LogP contribution in [0.2, 0.25) is 5.02 Å². The molecule has 0 saturated heterocycles. The predicted molar refractivity (Wildman–Crippen MR) is 78.4 cm³/mol. The van der Waals surface area contributed by atoms with Gasteiger partial charge in [0.2, 0.25) is 0 Å². The van der Waals surface area contributed by atoms with Gasteiger partial charge < -0.3 is 10.1 Å². The zero-order valence-corrected chi connectivity index (χ0v) is 12.3. The fourth-order valence-corrected chi connectivity index (χ4v) is 2.15. The number of ether oxygens (including phenoxy) is 1. The number of hydrogen-bond donors (Lipinski definition) is 1. The molecule has 0 fully saturated rings. The molecule has 0 spiro atoms. The molecule has 1 N–H and O–H groups in total. The Bertz CT molecular complexity index is 341. The van der Waals surface area contributed by atoms with Gasteiger partial charge in [0.05, 0.1) is 0 Å². The van der Waals surface area contributed by atoms with Crippen molar-refractivity contribution in [2.75, 3.05) is 26.8 Å². The van der Waals surface area contributed by atoms with Crippen molar-refractivity contribution in [3.05, 3.63) is 34.9 Å². The molecule has 0 saturated carbocycles. The van der Waals surface area contributed by atoms with Crippen LogP contribution in [-0.4, -0.2) is 26.8 Å². The summed E-state index contributed by atoms with van der Waals surface area (Å²) >= 11 is 6.06. The standard InChI is InChI=1S/C15H24ClNO/c1-12(2)10-17-11-14(7-8-18-3)13-5-4-6-15(16)9-13/h4-6,9,12,14,17H,7-8,10-11H2,1-3H3. The van der Waals surface area contributed by atoms with Crippen LogP contribution in [0.3, 0.4) is 0 Å². The Hall–Kier alpha value is -0.570. The van der Waals surface area contributed by atoms with E-state index in [1.54, 1.807) is 7.11 Å². The highest BCUT2D eigenvalue weighted by atomic mass is 35.5. The molecule has 0 aliphatic heterocycles. The van der Waals surface area contributed by atoms with E-state index < -0.39 is 0 Å². The maximum absolute atomic E-state index is 6.06. The average molecular weight is 270 g/mol. The first-order chi connectivity index (χ1) is 8.63. The molecule has 18 heavy (non-hydrogen) atoms. The molecular weight excluding hydrogens is 246 g/mol. The van der Waals surface area contributed by atoms with Crippen LogP contribution in [0.1, 0.15) is 31.7 Å². The third-order valence-electron chi connectivity index (χ3n) is 2.93. The minimum Gasteiger partial charge on any atom is -0.385 e. The van der Waals surface area contributed by atoms with E-state index in [9.17, 15) is 0 Å². The highest BCUT2D eigenvalue weighted by molar-refractivity contribution is 6.30. The first kappa shape index (κ1) is 15.5. The fourth-order valence-electron chi connectivity index (χ4n) is 1.95. The van der Waals surface area contributed by atoms with Crippen LogP contribution in [-0.2, 0) is 4.74 Å². The van der Waals surface area contributed by atoms with E-state index in [1.165, 1.54) is 5.56 Å². The van der Waals surface area contributed by atoms with Gasteiger partial charge in [-0.2, -0.15) is 0 Å². The maximum Gasteiger partial charge on any atom is 0.0468 e. The second-order valence-corrected chi connectivity index (χ2v) is 5.52. The van der Waals surface area contributed by atoms with Crippen LogP contribution in [0, 0.1) is 5.92 Å². The molecule has 1 aromatic carbocycles. The third kappa shape index (κ3) is 5.85. The van der Waals surface area contributed by atoms with Crippen molar-refractivity contribution < 1.29 is 4.74 Å². The van der Waals surface area contributed by atoms with Crippen molar-refractivity contribution in [2.24, 2.45) is 5.92 Å². The first-order valence-electron chi connectivity index (χ1n) is 6.58. The topological polar surface area (TPSA) is 21.3 Å². The van der Waals surface area contributed by atoms with Gasteiger partial charge in [-0.05, 0) is 42.5 Å². The SMILES string of the molecule is COCCC(CNCC(C)C)c1cccc(Cl)c1. The molecule has 3 heteroatoms. The van der Waals surface area contributed by atoms with Crippen LogP contribution in [0.5, 0.6) is 0 Å². The van der Waals surface area contributed by atoms with E-state index in [1.807, 2.05) is 12.1 Å². The van der Waals surface area contributed by atoms with Crippen molar-refractivity contribution in [3.8, 4) is 0 Å². The van der Waals surface area contributed by atoms with Gasteiger partial charge in [-0.3, -0.25) is 0 Å². The molecule has 0 heterocycles. The number of methoxy groups -OCH3 is 1. The van der Waals surface area contributed by atoms with Crippen LogP contribution in [0.15, 0.2) is 24.3 Å². The lowest BCUT2D eigenvalue weighted by atomic mass is 9.96. The summed E-state index contributed by atoms with van der Waals surface area (Å²) in [6.45, 7) is 7.24. The van der Waals surface area contributed by atoms with Crippen molar-refractivity contribution >= 4 is 11.6 Å². The Morgan fingerprint density at radius 1 is 1.28 bits per heavy atom. The molecule has 0 radical (unpaired) electrons. The Morgan fingerprint density at radius 3 is 2.67 bits per heavy atom. The Morgan fingerprint density at radius 2 is 2.06 bits per heavy atom. The van der Waals surface area contributed by atoms with Gasteiger partial charge in [-0.25, -0.2) is 0 Å². The largest absolute Gasteiger partial charge is 0.385 e. The molecular formula is C15H24ClNO. The molecule has 2 nitrogen and oxygen atoms in total. The average Bonchev–Trinajstić information content (AvgIpc) is 2.33. The summed E-state index contributed by atoms with van der Waals surface area (Å²) < 4.78 is 5.19. The quantitative estimate of drug-likeness (QED) is 0.777. The normalized spacial score (nSPS) is 12.9. The second kappa shape index (κ2) is 8.52. The van der Waals surface area contributed by atoms with Crippen molar-refractivity contribution in [1.82, 2.24) is 5.32 Å². The van der Waals surface area contributed by atoms with Gasteiger partial charge in [-0.1, -0.05) is 37.6 Å². The molecule has 1 aromatic rings. The van der Waals surface area contributed by atoms with E-state index in [0.29, 0.717) is 11.8 Å². The third-order valence-corrected chi connectivity index (χ3v) is 3.17. The Balaban J connectivity index is 2.59. The highest BCUT2D eigenvalue weighted by Crippen LogP contribution is 2.22. The molecule has 0 aliphatic rings. The van der Waals surface area contributed by atoms with Crippen molar-refractivity contribution in [1.29, 1.82) is 0 Å². The maximum atomic E-state index is 6.06. The van der Waals surface area contributed by atoms with Gasteiger partial charge >= 0.3 is 0 Å². The number of benzene rings is 1. The zero-order valence-electron chi connectivity index (χ0n) is 11.6. The minimum absolute atomic E-state index is 0.461. The van der Waals surface area contributed by atoms with E-state index in [4.69, 9.17) is 16.3 Å². The molecule has 0 bridgehead atoms. The van der Waals surface area contributed by atoms with Crippen LogP contribution in [0.25, 0.3) is 0 Å². The van der Waals surface area contributed by atoms with Gasteiger partial charge in [0, 0.05) is 25.3 Å². The number of rotatable bonds is 8. The lowest BCUT2D eigenvalue weighted by Crippen LogP contribution is -2.26. The smallest absolute Gasteiger partial charge is 0.0468 e. The molecule has 1 unspecified atom stereocenters.